The first kappa shape index (κ1) is 14.8. The zero-order valence-electron chi connectivity index (χ0n) is 11.6. The number of nitrogens with one attached hydrogen (secondary N) is 1. The van der Waals surface area contributed by atoms with Crippen LogP contribution >= 0.6 is 11.6 Å². The summed E-state index contributed by atoms with van der Waals surface area (Å²) in [6.07, 6.45) is 7.98. The van der Waals surface area contributed by atoms with E-state index in [1.165, 1.54) is 5.56 Å². The highest BCUT2D eigenvalue weighted by Gasteiger charge is 2.24. The molecular weight excluding hydrogens is 260 g/mol. The van der Waals surface area contributed by atoms with Crippen molar-refractivity contribution in [1.29, 1.82) is 0 Å². The van der Waals surface area contributed by atoms with Gasteiger partial charge in [-0.1, -0.05) is 18.5 Å². The smallest absolute Gasteiger partial charge is 0.0621 e. The minimum Gasteiger partial charge on any atom is -0.381 e. The van der Waals surface area contributed by atoms with Crippen LogP contribution in [0.5, 0.6) is 0 Å². The predicted molar refractivity (Wildman–Crippen MR) is 78.6 cm³/mol. The first-order valence-electron chi connectivity index (χ1n) is 7.20. The van der Waals surface area contributed by atoms with Gasteiger partial charge in [0.15, 0.2) is 0 Å². The molecule has 1 saturated heterocycles. The number of aromatic nitrogens is 1. The standard InChI is InChI=1S/C15H23ClN2O/c1-2-6-18-15(12-4-8-19-9-5-12)10-13-3-7-17-11-14(13)16/h3,7,11-12,15,18H,2,4-6,8-10H2,1H3. The van der Waals surface area contributed by atoms with Crippen molar-refractivity contribution in [2.45, 2.75) is 38.6 Å². The van der Waals surface area contributed by atoms with Crippen molar-refractivity contribution >= 4 is 11.6 Å². The molecule has 0 amide bonds. The van der Waals surface area contributed by atoms with E-state index in [0.29, 0.717) is 12.0 Å². The van der Waals surface area contributed by atoms with Gasteiger partial charge >= 0.3 is 0 Å². The highest BCUT2D eigenvalue weighted by Crippen LogP contribution is 2.24. The quantitative estimate of drug-likeness (QED) is 0.871. The molecular formula is C15H23ClN2O. The number of hydrogen-bond acceptors (Lipinski definition) is 3. The van der Waals surface area contributed by atoms with Crippen molar-refractivity contribution in [1.82, 2.24) is 10.3 Å². The summed E-state index contributed by atoms with van der Waals surface area (Å²) in [5.74, 6) is 0.685. The fourth-order valence-electron chi connectivity index (χ4n) is 2.66. The van der Waals surface area contributed by atoms with Gasteiger partial charge in [0.1, 0.15) is 0 Å². The van der Waals surface area contributed by atoms with Crippen molar-refractivity contribution < 1.29 is 4.74 Å². The molecule has 1 unspecified atom stereocenters. The van der Waals surface area contributed by atoms with Gasteiger partial charge < -0.3 is 10.1 Å². The lowest BCUT2D eigenvalue weighted by Crippen LogP contribution is -2.41. The Hall–Kier alpha value is -0.640. The summed E-state index contributed by atoms with van der Waals surface area (Å²) in [6, 6.07) is 2.52. The van der Waals surface area contributed by atoms with Gasteiger partial charge in [-0.25, -0.2) is 0 Å². The zero-order chi connectivity index (χ0) is 13.5. The maximum Gasteiger partial charge on any atom is 0.0621 e. The molecule has 0 bridgehead atoms. The maximum absolute atomic E-state index is 6.23. The Bertz CT molecular complexity index is 380. The number of pyridine rings is 1. The van der Waals surface area contributed by atoms with Crippen LogP contribution in [-0.2, 0) is 11.2 Å². The van der Waals surface area contributed by atoms with Gasteiger partial charge in [-0.3, -0.25) is 4.98 Å². The van der Waals surface area contributed by atoms with Gasteiger partial charge in [0.25, 0.3) is 0 Å². The van der Waals surface area contributed by atoms with E-state index >= 15 is 0 Å². The Morgan fingerprint density at radius 1 is 1.47 bits per heavy atom. The molecule has 1 atom stereocenters. The highest BCUT2D eigenvalue weighted by atomic mass is 35.5. The van der Waals surface area contributed by atoms with Gasteiger partial charge in [-0.05, 0) is 49.8 Å². The van der Waals surface area contributed by atoms with E-state index in [4.69, 9.17) is 16.3 Å². The summed E-state index contributed by atoms with van der Waals surface area (Å²) in [7, 11) is 0. The second-order valence-electron chi connectivity index (χ2n) is 5.18. The van der Waals surface area contributed by atoms with Crippen LogP contribution in [0.3, 0.4) is 0 Å². The largest absolute Gasteiger partial charge is 0.381 e. The molecule has 0 spiro atoms. The van der Waals surface area contributed by atoms with Crippen molar-refractivity contribution in [3.8, 4) is 0 Å². The van der Waals surface area contributed by atoms with Gasteiger partial charge in [0, 0.05) is 31.6 Å². The van der Waals surface area contributed by atoms with Crippen LogP contribution in [0.4, 0.5) is 0 Å². The van der Waals surface area contributed by atoms with E-state index in [-0.39, 0.29) is 0 Å². The summed E-state index contributed by atoms with van der Waals surface area (Å²) in [6.45, 7) is 5.04. The van der Waals surface area contributed by atoms with Gasteiger partial charge in [0.05, 0.1) is 5.02 Å². The van der Waals surface area contributed by atoms with Crippen LogP contribution < -0.4 is 5.32 Å². The van der Waals surface area contributed by atoms with Gasteiger partial charge in [-0.2, -0.15) is 0 Å². The van der Waals surface area contributed by atoms with E-state index in [2.05, 4.69) is 17.2 Å². The minimum absolute atomic E-state index is 0.490. The summed E-state index contributed by atoms with van der Waals surface area (Å²) >= 11 is 6.23. The molecule has 106 valence electrons. The molecule has 1 aliphatic heterocycles. The van der Waals surface area contributed by atoms with E-state index in [9.17, 15) is 0 Å². The first-order chi connectivity index (χ1) is 9.31. The molecule has 1 aliphatic rings. The Morgan fingerprint density at radius 3 is 2.95 bits per heavy atom. The molecule has 0 saturated carbocycles. The van der Waals surface area contributed by atoms with Crippen LogP contribution in [0.1, 0.15) is 31.7 Å². The summed E-state index contributed by atoms with van der Waals surface area (Å²) in [5.41, 5.74) is 1.19. The van der Waals surface area contributed by atoms with Gasteiger partial charge in [-0.15, -0.1) is 0 Å². The van der Waals surface area contributed by atoms with Crippen LogP contribution in [0.2, 0.25) is 5.02 Å². The molecule has 19 heavy (non-hydrogen) atoms. The van der Waals surface area contributed by atoms with E-state index < -0.39 is 0 Å². The van der Waals surface area contributed by atoms with E-state index in [0.717, 1.165) is 50.5 Å². The van der Waals surface area contributed by atoms with E-state index in [1.807, 2.05) is 12.3 Å². The third-order valence-corrected chi connectivity index (χ3v) is 4.13. The van der Waals surface area contributed by atoms with Crippen LogP contribution in [0, 0.1) is 5.92 Å². The molecule has 1 aromatic rings. The zero-order valence-corrected chi connectivity index (χ0v) is 12.3. The molecule has 2 heterocycles. The molecule has 0 aliphatic carbocycles. The Morgan fingerprint density at radius 2 is 2.26 bits per heavy atom. The van der Waals surface area contributed by atoms with Crippen LogP contribution in [0.25, 0.3) is 0 Å². The Balaban J connectivity index is 2.02. The fourth-order valence-corrected chi connectivity index (χ4v) is 2.86. The maximum atomic E-state index is 6.23. The normalized spacial score (nSPS) is 18.4. The molecule has 1 N–H and O–H groups in total. The number of hydrogen-bond donors (Lipinski definition) is 1. The Labute approximate surface area is 120 Å². The lowest BCUT2D eigenvalue weighted by Gasteiger charge is -2.31. The van der Waals surface area contributed by atoms with Crippen LogP contribution in [0.15, 0.2) is 18.5 Å². The third kappa shape index (κ3) is 4.44. The molecule has 0 radical (unpaired) electrons. The summed E-state index contributed by atoms with van der Waals surface area (Å²) < 4.78 is 5.46. The SMILES string of the molecule is CCCNC(Cc1ccncc1Cl)C1CCOCC1. The highest BCUT2D eigenvalue weighted by molar-refractivity contribution is 6.31. The first-order valence-corrected chi connectivity index (χ1v) is 7.58. The second kappa shape index (κ2) is 7.83. The lowest BCUT2D eigenvalue weighted by atomic mass is 9.87. The van der Waals surface area contributed by atoms with E-state index in [1.54, 1.807) is 6.20 Å². The molecule has 1 aromatic heterocycles. The lowest BCUT2D eigenvalue weighted by molar-refractivity contribution is 0.0538. The molecule has 1 fully saturated rings. The van der Waals surface area contributed by atoms with Crippen molar-refractivity contribution in [2.75, 3.05) is 19.8 Å². The molecule has 2 rings (SSSR count). The summed E-state index contributed by atoms with van der Waals surface area (Å²) in [4.78, 5) is 4.05. The fraction of sp³-hybridized carbons (Fsp3) is 0.667. The van der Waals surface area contributed by atoms with Crippen molar-refractivity contribution in [2.24, 2.45) is 5.92 Å². The van der Waals surface area contributed by atoms with Crippen molar-refractivity contribution in [3.63, 3.8) is 0 Å². The monoisotopic (exact) mass is 282 g/mol. The minimum atomic E-state index is 0.490. The third-order valence-electron chi connectivity index (χ3n) is 3.79. The number of halogens is 1. The van der Waals surface area contributed by atoms with Crippen LogP contribution in [-0.4, -0.2) is 30.8 Å². The number of ether oxygens (including phenoxy) is 1. The van der Waals surface area contributed by atoms with Crippen molar-refractivity contribution in [3.05, 3.63) is 29.0 Å². The van der Waals surface area contributed by atoms with Gasteiger partial charge in [0.2, 0.25) is 0 Å². The number of nitrogens with zero attached hydrogens (tertiary/aromatic N) is 1. The molecule has 3 nitrogen and oxygen atoms in total. The topological polar surface area (TPSA) is 34.2 Å². The Kier molecular flexibility index (Phi) is 6.08. The molecule has 4 heteroatoms. The second-order valence-corrected chi connectivity index (χ2v) is 5.59. The number of rotatable bonds is 6. The predicted octanol–water partition coefficient (Wildman–Crippen LogP) is 3.07. The average Bonchev–Trinajstić information content (AvgIpc) is 2.46. The molecule has 0 aromatic carbocycles. The summed E-state index contributed by atoms with van der Waals surface area (Å²) in [5, 5.41) is 4.46. The average molecular weight is 283 g/mol.